The number of benzene rings is 2. The minimum Gasteiger partial charge on any atom is -0.463 e. The van der Waals surface area contributed by atoms with Crippen molar-refractivity contribution in [3.05, 3.63) is 99.6 Å². The van der Waals surface area contributed by atoms with Crippen LogP contribution in [0.3, 0.4) is 0 Å². The molecule has 5 nitrogen and oxygen atoms in total. The number of carbonyl (C=O) groups is 1. The number of aromatic nitrogens is 1. The van der Waals surface area contributed by atoms with Gasteiger partial charge in [-0.1, -0.05) is 67.5 Å². The van der Waals surface area contributed by atoms with Crippen molar-refractivity contribution >= 4 is 55.2 Å². The average molecular weight is 562 g/mol. The predicted octanol–water partition coefficient (Wildman–Crippen LogP) is 4.32. The van der Waals surface area contributed by atoms with Gasteiger partial charge in [-0.25, -0.2) is 9.79 Å². The van der Waals surface area contributed by atoms with Gasteiger partial charge in [-0.2, -0.15) is 0 Å². The van der Waals surface area contributed by atoms with Gasteiger partial charge >= 0.3 is 5.97 Å². The highest BCUT2D eigenvalue weighted by Crippen LogP contribution is 2.31. The average Bonchev–Trinajstić information content (AvgIpc) is 3.02. The molecule has 0 N–H and O–H groups in total. The van der Waals surface area contributed by atoms with E-state index in [-0.39, 0.29) is 12.2 Å². The van der Waals surface area contributed by atoms with Crippen molar-refractivity contribution < 1.29 is 9.53 Å². The Bertz CT molecular complexity index is 1370. The predicted molar refractivity (Wildman–Crippen MR) is 129 cm³/mol. The molecule has 0 aliphatic carbocycles. The fraction of sp³-hybridized carbons (Fsp3) is 0.174. The Hall–Kier alpha value is -2.29. The number of esters is 1. The van der Waals surface area contributed by atoms with E-state index >= 15 is 0 Å². The number of fused-ring (bicyclic) bond motifs is 1. The molecule has 158 valence electrons. The number of thiazole rings is 1. The van der Waals surface area contributed by atoms with Crippen molar-refractivity contribution in [3.8, 4) is 0 Å². The summed E-state index contributed by atoms with van der Waals surface area (Å²) in [4.78, 5) is 31.5. The summed E-state index contributed by atoms with van der Waals surface area (Å²) in [7, 11) is 0. The third-order valence-electron chi connectivity index (χ3n) is 4.85. The molecule has 0 amide bonds. The lowest BCUT2D eigenvalue weighted by Gasteiger charge is -2.24. The van der Waals surface area contributed by atoms with E-state index < -0.39 is 12.0 Å². The molecule has 0 bridgehead atoms. The van der Waals surface area contributed by atoms with Gasteiger partial charge in [0.25, 0.3) is 5.56 Å². The molecular formula is C23H18Br2N2O3S. The molecule has 2 aromatic carbocycles. The van der Waals surface area contributed by atoms with Gasteiger partial charge in [0.1, 0.15) is 0 Å². The van der Waals surface area contributed by atoms with Gasteiger partial charge in [0.15, 0.2) is 4.80 Å². The summed E-state index contributed by atoms with van der Waals surface area (Å²) in [5.41, 5.74) is 2.47. The van der Waals surface area contributed by atoms with Gasteiger partial charge in [-0.15, -0.1) is 0 Å². The third kappa shape index (κ3) is 4.37. The summed E-state index contributed by atoms with van der Waals surface area (Å²) in [6.45, 7) is 3.79. The first-order chi connectivity index (χ1) is 14.9. The van der Waals surface area contributed by atoms with Crippen molar-refractivity contribution in [3.63, 3.8) is 0 Å². The lowest BCUT2D eigenvalue weighted by atomic mass is 9.96. The molecule has 4 rings (SSSR count). The van der Waals surface area contributed by atoms with Crippen LogP contribution in [-0.2, 0) is 9.53 Å². The number of ether oxygens (including phenoxy) is 1. The van der Waals surface area contributed by atoms with Crippen LogP contribution in [0.15, 0.2) is 78.5 Å². The van der Waals surface area contributed by atoms with Crippen LogP contribution < -0.4 is 14.9 Å². The number of nitrogens with zero attached hydrogens (tertiary/aromatic N) is 2. The second-order valence-electron chi connectivity index (χ2n) is 6.91. The smallest absolute Gasteiger partial charge is 0.338 e. The van der Waals surface area contributed by atoms with Crippen LogP contribution in [0.1, 0.15) is 31.0 Å². The van der Waals surface area contributed by atoms with Gasteiger partial charge < -0.3 is 4.74 Å². The molecule has 1 aromatic heterocycles. The van der Waals surface area contributed by atoms with Crippen LogP contribution in [0.5, 0.6) is 0 Å². The van der Waals surface area contributed by atoms with E-state index in [1.807, 2.05) is 54.6 Å². The van der Waals surface area contributed by atoms with Gasteiger partial charge in [0.2, 0.25) is 0 Å². The van der Waals surface area contributed by atoms with Gasteiger partial charge in [0, 0.05) is 8.95 Å². The van der Waals surface area contributed by atoms with Crippen LogP contribution >= 0.6 is 43.2 Å². The number of hydrogen-bond acceptors (Lipinski definition) is 5. The second-order valence-corrected chi connectivity index (χ2v) is 9.75. The first-order valence-corrected chi connectivity index (χ1v) is 12.0. The van der Waals surface area contributed by atoms with E-state index in [0.29, 0.717) is 20.6 Å². The zero-order chi connectivity index (χ0) is 22.1. The summed E-state index contributed by atoms with van der Waals surface area (Å²) < 4.78 is 9.30. The number of rotatable bonds is 4. The molecule has 8 heteroatoms. The van der Waals surface area contributed by atoms with E-state index in [9.17, 15) is 9.59 Å². The van der Waals surface area contributed by atoms with Gasteiger partial charge in [0.05, 0.1) is 28.5 Å². The minimum atomic E-state index is -0.604. The Kier molecular flexibility index (Phi) is 6.41. The van der Waals surface area contributed by atoms with Crippen molar-refractivity contribution in [2.75, 3.05) is 6.61 Å². The fourth-order valence-electron chi connectivity index (χ4n) is 3.50. The molecule has 1 aliphatic rings. The third-order valence-corrected chi connectivity index (χ3v) is 6.85. The van der Waals surface area contributed by atoms with E-state index in [1.54, 1.807) is 18.4 Å². The standard InChI is InChI=1S/C23H18Br2N2O3S/c1-3-30-22(29)19-13(2)26-23-27(20(19)15-7-9-16(24)10-8-15)21(28)18(31-23)12-14-5-4-6-17(25)11-14/h4-12,20H,3H2,1-2H3/b18-12-. The van der Waals surface area contributed by atoms with Crippen LogP contribution in [0.4, 0.5) is 0 Å². The lowest BCUT2D eigenvalue weighted by molar-refractivity contribution is -0.139. The second kappa shape index (κ2) is 9.06. The number of hydrogen-bond donors (Lipinski definition) is 0. The minimum absolute atomic E-state index is 0.189. The van der Waals surface area contributed by atoms with Crippen molar-refractivity contribution in [2.45, 2.75) is 19.9 Å². The molecule has 0 saturated carbocycles. The largest absolute Gasteiger partial charge is 0.463 e. The van der Waals surface area contributed by atoms with Crippen LogP contribution in [0, 0.1) is 0 Å². The maximum absolute atomic E-state index is 13.5. The highest BCUT2D eigenvalue weighted by atomic mass is 79.9. The Morgan fingerprint density at radius 3 is 2.61 bits per heavy atom. The quantitative estimate of drug-likeness (QED) is 0.446. The van der Waals surface area contributed by atoms with E-state index in [4.69, 9.17) is 4.74 Å². The van der Waals surface area contributed by atoms with Crippen LogP contribution in [0.25, 0.3) is 6.08 Å². The molecule has 3 aromatic rings. The molecule has 1 aliphatic heterocycles. The molecule has 0 saturated heterocycles. The maximum Gasteiger partial charge on any atom is 0.338 e. The first kappa shape index (κ1) is 21.9. The molecular weight excluding hydrogens is 544 g/mol. The molecule has 0 radical (unpaired) electrons. The van der Waals surface area contributed by atoms with Crippen LogP contribution in [-0.4, -0.2) is 17.1 Å². The monoisotopic (exact) mass is 560 g/mol. The molecule has 1 atom stereocenters. The van der Waals surface area contributed by atoms with E-state index in [0.717, 1.165) is 20.1 Å². The number of allylic oxidation sites excluding steroid dienone is 1. The summed E-state index contributed by atoms with van der Waals surface area (Å²) in [6.07, 6.45) is 1.84. The summed E-state index contributed by atoms with van der Waals surface area (Å²) >= 11 is 8.22. The SMILES string of the molecule is CCOC(=O)C1=C(C)N=c2s/c(=C\c3cccc(Br)c3)c(=O)n2C1c1ccc(Br)cc1. The maximum atomic E-state index is 13.5. The molecule has 0 spiro atoms. The Labute approximate surface area is 199 Å². The fourth-order valence-corrected chi connectivity index (χ4v) is 5.23. The summed E-state index contributed by atoms with van der Waals surface area (Å²) in [5, 5.41) is 0. The zero-order valence-electron chi connectivity index (χ0n) is 16.8. The normalized spacial score (nSPS) is 16.1. The van der Waals surface area contributed by atoms with Crippen molar-refractivity contribution in [2.24, 2.45) is 4.99 Å². The number of halogens is 2. The van der Waals surface area contributed by atoms with Crippen molar-refractivity contribution in [1.82, 2.24) is 4.57 Å². The van der Waals surface area contributed by atoms with E-state index in [2.05, 4.69) is 36.9 Å². The zero-order valence-corrected chi connectivity index (χ0v) is 20.8. The molecule has 0 fully saturated rings. The van der Waals surface area contributed by atoms with Crippen LogP contribution in [0.2, 0.25) is 0 Å². The Morgan fingerprint density at radius 1 is 1.19 bits per heavy atom. The topological polar surface area (TPSA) is 60.7 Å². The lowest BCUT2D eigenvalue weighted by Crippen LogP contribution is -2.39. The molecule has 2 heterocycles. The highest BCUT2D eigenvalue weighted by molar-refractivity contribution is 9.10. The Balaban J connectivity index is 1.96. The highest BCUT2D eigenvalue weighted by Gasteiger charge is 2.33. The summed E-state index contributed by atoms with van der Waals surface area (Å²) in [5.74, 6) is -0.460. The van der Waals surface area contributed by atoms with E-state index in [1.165, 1.54) is 11.3 Å². The van der Waals surface area contributed by atoms with Crippen molar-refractivity contribution in [1.29, 1.82) is 0 Å². The van der Waals surface area contributed by atoms with Gasteiger partial charge in [-0.05, 0) is 55.3 Å². The van der Waals surface area contributed by atoms with Gasteiger partial charge in [-0.3, -0.25) is 9.36 Å². The molecule has 31 heavy (non-hydrogen) atoms. The first-order valence-electron chi connectivity index (χ1n) is 9.59. The summed E-state index contributed by atoms with van der Waals surface area (Å²) in [6, 6.07) is 14.7. The molecule has 1 unspecified atom stereocenters. The Morgan fingerprint density at radius 2 is 1.94 bits per heavy atom. The number of carbonyl (C=O) groups excluding carboxylic acids is 1.